The molecule has 0 fully saturated rings. The van der Waals surface area contributed by atoms with Crippen LogP contribution in [0.15, 0.2) is 24.5 Å². The fourth-order valence-electron chi connectivity index (χ4n) is 1.21. The predicted octanol–water partition coefficient (Wildman–Crippen LogP) is 2.33. The van der Waals surface area contributed by atoms with E-state index in [1.807, 2.05) is 19.2 Å². The number of nitriles is 1. The minimum absolute atomic E-state index is 0.565. The monoisotopic (exact) mass is 230 g/mol. The lowest BCUT2D eigenvalue weighted by Gasteiger charge is -2.02. The summed E-state index contributed by atoms with van der Waals surface area (Å²) in [5.41, 5.74) is 0.565. The van der Waals surface area contributed by atoms with E-state index in [1.54, 1.807) is 29.7 Å². The number of anilines is 1. The molecule has 0 spiro atoms. The van der Waals surface area contributed by atoms with Crippen molar-refractivity contribution in [2.75, 3.05) is 5.32 Å². The first-order valence-corrected chi connectivity index (χ1v) is 5.61. The van der Waals surface area contributed by atoms with E-state index in [0.29, 0.717) is 12.1 Å². The third-order valence-corrected chi connectivity index (χ3v) is 2.90. The molecular formula is C11H10N4S. The highest BCUT2D eigenvalue weighted by Gasteiger charge is 1.99. The van der Waals surface area contributed by atoms with E-state index in [-0.39, 0.29) is 0 Å². The molecule has 0 aromatic carbocycles. The van der Waals surface area contributed by atoms with Crippen LogP contribution in [0.25, 0.3) is 0 Å². The molecule has 0 saturated carbocycles. The smallest absolute Gasteiger partial charge is 0.126 e. The lowest BCUT2D eigenvalue weighted by molar-refractivity contribution is 1.08. The van der Waals surface area contributed by atoms with Gasteiger partial charge in [0, 0.05) is 17.3 Å². The standard InChI is InChI=1S/C11H10N4S/c1-8-5-15-11(16-8)7-14-10-3-2-9(4-12)6-13-10/h2-3,5-6H,7H2,1H3,(H,13,14). The van der Waals surface area contributed by atoms with Crippen LogP contribution in [-0.2, 0) is 6.54 Å². The Kier molecular flexibility index (Phi) is 3.13. The summed E-state index contributed by atoms with van der Waals surface area (Å²) in [7, 11) is 0. The maximum Gasteiger partial charge on any atom is 0.126 e. The summed E-state index contributed by atoms with van der Waals surface area (Å²) in [6.07, 6.45) is 3.41. The molecule has 80 valence electrons. The summed E-state index contributed by atoms with van der Waals surface area (Å²) < 4.78 is 0. The van der Waals surface area contributed by atoms with Crippen molar-refractivity contribution in [3.63, 3.8) is 0 Å². The van der Waals surface area contributed by atoms with Gasteiger partial charge < -0.3 is 5.32 Å². The minimum atomic E-state index is 0.565. The van der Waals surface area contributed by atoms with Gasteiger partial charge in [0.15, 0.2) is 0 Å². The van der Waals surface area contributed by atoms with Gasteiger partial charge in [-0.3, -0.25) is 0 Å². The van der Waals surface area contributed by atoms with Gasteiger partial charge in [-0.15, -0.1) is 11.3 Å². The van der Waals surface area contributed by atoms with Crippen molar-refractivity contribution < 1.29 is 0 Å². The van der Waals surface area contributed by atoms with Crippen LogP contribution in [0.2, 0.25) is 0 Å². The number of hydrogen-bond donors (Lipinski definition) is 1. The van der Waals surface area contributed by atoms with E-state index >= 15 is 0 Å². The fourth-order valence-corrected chi connectivity index (χ4v) is 1.94. The third-order valence-electron chi connectivity index (χ3n) is 1.98. The molecule has 2 rings (SSSR count). The maximum atomic E-state index is 8.62. The Hall–Kier alpha value is -1.93. The summed E-state index contributed by atoms with van der Waals surface area (Å²) in [5.74, 6) is 0.756. The summed E-state index contributed by atoms with van der Waals surface area (Å²) in [4.78, 5) is 9.55. The summed E-state index contributed by atoms with van der Waals surface area (Å²) in [6.45, 7) is 2.69. The van der Waals surface area contributed by atoms with E-state index in [0.717, 1.165) is 10.8 Å². The Balaban J connectivity index is 1.97. The molecule has 0 saturated heterocycles. The van der Waals surface area contributed by atoms with Gasteiger partial charge in [-0.2, -0.15) is 5.26 Å². The number of rotatable bonds is 3. The molecule has 2 aromatic rings. The van der Waals surface area contributed by atoms with E-state index < -0.39 is 0 Å². The molecule has 0 bridgehead atoms. The number of thiazole rings is 1. The third kappa shape index (κ3) is 2.55. The van der Waals surface area contributed by atoms with Crippen LogP contribution >= 0.6 is 11.3 Å². The van der Waals surface area contributed by atoms with Gasteiger partial charge in [0.2, 0.25) is 0 Å². The zero-order valence-electron chi connectivity index (χ0n) is 8.77. The number of hydrogen-bond acceptors (Lipinski definition) is 5. The summed E-state index contributed by atoms with van der Waals surface area (Å²) in [6, 6.07) is 5.56. The van der Waals surface area contributed by atoms with Crippen LogP contribution in [0, 0.1) is 18.3 Å². The topological polar surface area (TPSA) is 61.6 Å². The van der Waals surface area contributed by atoms with Crippen molar-refractivity contribution >= 4 is 17.2 Å². The molecule has 0 atom stereocenters. The first-order chi connectivity index (χ1) is 7.78. The van der Waals surface area contributed by atoms with Crippen molar-refractivity contribution in [1.29, 1.82) is 5.26 Å². The molecule has 4 nitrogen and oxygen atoms in total. The Morgan fingerprint density at radius 2 is 2.25 bits per heavy atom. The van der Waals surface area contributed by atoms with Crippen LogP contribution in [0.4, 0.5) is 5.82 Å². The van der Waals surface area contributed by atoms with Crippen molar-refractivity contribution in [2.45, 2.75) is 13.5 Å². The first-order valence-electron chi connectivity index (χ1n) is 4.79. The molecule has 16 heavy (non-hydrogen) atoms. The van der Waals surface area contributed by atoms with Crippen LogP contribution in [0.1, 0.15) is 15.4 Å². The summed E-state index contributed by atoms with van der Waals surface area (Å²) in [5, 5.41) is 12.8. The van der Waals surface area contributed by atoms with E-state index in [4.69, 9.17) is 5.26 Å². The molecule has 5 heteroatoms. The van der Waals surface area contributed by atoms with Crippen molar-refractivity contribution in [3.05, 3.63) is 40.0 Å². The second-order valence-corrected chi connectivity index (χ2v) is 4.58. The number of nitrogens with zero attached hydrogens (tertiary/aromatic N) is 3. The highest BCUT2D eigenvalue weighted by molar-refractivity contribution is 7.11. The van der Waals surface area contributed by atoms with Crippen LogP contribution in [-0.4, -0.2) is 9.97 Å². The largest absolute Gasteiger partial charge is 0.364 e. The van der Waals surface area contributed by atoms with Gasteiger partial charge in [-0.1, -0.05) is 0 Å². The fraction of sp³-hybridized carbons (Fsp3) is 0.182. The minimum Gasteiger partial charge on any atom is -0.364 e. The van der Waals surface area contributed by atoms with Crippen molar-refractivity contribution in [1.82, 2.24) is 9.97 Å². The Bertz CT molecular complexity index is 510. The molecular weight excluding hydrogens is 220 g/mol. The SMILES string of the molecule is Cc1cnc(CNc2ccc(C#N)cn2)s1. The maximum absolute atomic E-state index is 8.62. The molecule has 2 heterocycles. The lowest BCUT2D eigenvalue weighted by Crippen LogP contribution is -2.00. The first kappa shape index (κ1) is 10.6. The van der Waals surface area contributed by atoms with Gasteiger partial charge in [0.05, 0.1) is 12.1 Å². The van der Waals surface area contributed by atoms with Gasteiger partial charge >= 0.3 is 0 Å². The van der Waals surface area contributed by atoms with E-state index in [9.17, 15) is 0 Å². The van der Waals surface area contributed by atoms with Crippen LogP contribution in [0.3, 0.4) is 0 Å². The number of nitrogens with one attached hydrogen (secondary N) is 1. The quantitative estimate of drug-likeness (QED) is 0.879. The molecule has 2 aromatic heterocycles. The molecule has 0 amide bonds. The second-order valence-electron chi connectivity index (χ2n) is 3.26. The van der Waals surface area contributed by atoms with Crippen LogP contribution in [0.5, 0.6) is 0 Å². The normalized spacial score (nSPS) is 9.75. The summed E-state index contributed by atoms with van der Waals surface area (Å²) >= 11 is 1.66. The number of aryl methyl sites for hydroxylation is 1. The average Bonchev–Trinajstić information content (AvgIpc) is 2.73. The Labute approximate surface area is 97.6 Å². The molecule has 0 radical (unpaired) electrons. The molecule has 0 unspecified atom stereocenters. The zero-order chi connectivity index (χ0) is 11.4. The van der Waals surface area contributed by atoms with Gasteiger partial charge in [0.1, 0.15) is 16.9 Å². The number of pyridine rings is 1. The van der Waals surface area contributed by atoms with Crippen molar-refractivity contribution in [3.8, 4) is 6.07 Å². The van der Waals surface area contributed by atoms with Crippen molar-refractivity contribution in [2.24, 2.45) is 0 Å². The highest BCUT2D eigenvalue weighted by atomic mass is 32.1. The predicted molar refractivity (Wildman–Crippen MR) is 63.1 cm³/mol. The van der Waals surface area contributed by atoms with Gasteiger partial charge in [-0.05, 0) is 19.1 Å². The molecule has 0 aliphatic rings. The lowest BCUT2D eigenvalue weighted by atomic mass is 10.3. The Morgan fingerprint density at radius 3 is 2.81 bits per heavy atom. The molecule has 1 N–H and O–H groups in total. The van der Waals surface area contributed by atoms with E-state index in [2.05, 4.69) is 15.3 Å². The molecule has 0 aliphatic carbocycles. The van der Waals surface area contributed by atoms with Crippen LogP contribution < -0.4 is 5.32 Å². The Morgan fingerprint density at radius 1 is 1.38 bits per heavy atom. The number of aromatic nitrogens is 2. The van der Waals surface area contributed by atoms with E-state index in [1.165, 1.54) is 4.88 Å². The molecule has 0 aliphatic heterocycles. The highest BCUT2D eigenvalue weighted by Crippen LogP contribution is 2.13. The zero-order valence-corrected chi connectivity index (χ0v) is 9.58. The van der Waals surface area contributed by atoms with Gasteiger partial charge in [-0.25, -0.2) is 9.97 Å². The van der Waals surface area contributed by atoms with Gasteiger partial charge in [0.25, 0.3) is 0 Å². The second kappa shape index (κ2) is 4.73. The average molecular weight is 230 g/mol.